The van der Waals surface area contributed by atoms with Crippen LogP contribution < -0.4 is 5.32 Å². The minimum Gasteiger partial charge on any atom is -0.478 e. The molecule has 0 radical (unpaired) electrons. The molecular formula is C29H23N3O3S. The number of anilines is 2. The van der Waals surface area contributed by atoms with Crippen LogP contribution in [0.1, 0.15) is 32.1 Å². The molecular weight excluding hydrogens is 470 g/mol. The molecule has 2 aromatic carbocycles. The van der Waals surface area contributed by atoms with Gasteiger partial charge in [0.1, 0.15) is 11.4 Å². The number of thiophene rings is 1. The molecule has 0 saturated heterocycles. The molecule has 0 amide bonds. The molecule has 2 N–H and O–H groups in total. The van der Waals surface area contributed by atoms with Crippen molar-refractivity contribution in [2.24, 2.45) is 0 Å². The summed E-state index contributed by atoms with van der Waals surface area (Å²) in [4.78, 5) is 22.8. The Morgan fingerprint density at radius 2 is 1.89 bits per heavy atom. The van der Waals surface area contributed by atoms with Crippen LogP contribution in [0, 0.1) is 6.92 Å². The first-order valence-electron chi connectivity index (χ1n) is 11.3. The first-order valence-corrected chi connectivity index (χ1v) is 12.2. The van der Waals surface area contributed by atoms with Gasteiger partial charge in [-0.3, -0.25) is 0 Å². The van der Waals surface area contributed by atoms with E-state index in [9.17, 15) is 4.79 Å². The van der Waals surface area contributed by atoms with E-state index >= 15 is 0 Å². The van der Waals surface area contributed by atoms with Crippen molar-refractivity contribution in [1.29, 1.82) is 0 Å². The van der Waals surface area contributed by atoms with E-state index in [1.165, 1.54) is 0 Å². The van der Waals surface area contributed by atoms with Crippen molar-refractivity contribution in [2.75, 3.05) is 5.32 Å². The molecule has 5 rings (SSSR count). The van der Waals surface area contributed by atoms with Gasteiger partial charge in [0.15, 0.2) is 5.82 Å². The van der Waals surface area contributed by atoms with E-state index in [0.29, 0.717) is 18.1 Å². The van der Waals surface area contributed by atoms with E-state index < -0.39 is 5.97 Å². The van der Waals surface area contributed by atoms with Crippen molar-refractivity contribution in [3.8, 4) is 10.7 Å². The summed E-state index contributed by atoms with van der Waals surface area (Å²) in [5, 5.41) is 13.6. The quantitative estimate of drug-likeness (QED) is 0.216. The third kappa shape index (κ3) is 4.82. The van der Waals surface area contributed by atoms with Gasteiger partial charge in [-0.15, -0.1) is 17.9 Å². The Kier molecular flexibility index (Phi) is 6.47. The fourth-order valence-corrected chi connectivity index (χ4v) is 4.74. The number of aromatic nitrogens is 2. The summed E-state index contributed by atoms with van der Waals surface area (Å²) >= 11 is 1.61. The van der Waals surface area contributed by atoms with Gasteiger partial charge < -0.3 is 14.8 Å². The maximum Gasteiger partial charge on any atom is 0.335 e. The maximum absolute atomic E-state index is 11.2. The Hall–Kier alpha value is -4.49. The van der Waals surface area contributed by atoms with Gasteiger partial charge in [-0.2, -0.15) is 0 Å². The first-order chi connectivity index (χ1) is 17.5. The van der Waals surface area contributed by atoms with Crippen LogP contribution in [0.3, 0.4) is 0 Å². The van der Waals surface area contributed by atoms with Crippen molar-refractivity contribution in [3.05, 3.63) is 107 Å². The zero-order valence-electron chi connectivity index (χ0n) is 19.6. The average molecular weight is 494 g/mol. The van der Waals surface area contributed by atoms with Gasteiger partial charge in [0.2, 0.25) is 0 Å². The Labute approximate surface area is 212 Å². The van der Waals surface area contributed by atoms with Gasteiger partial charge in [0, 0.05) is 32.8 Å². The number of aryl methyl sites for hydroxylation is 1. The number of fused-ring (bicyclic) bond motifs is 1. The van der Waals surface area contributed by atoms with Gasteiger partial charge in [-0.25, -0.2) is 14.8 Å². The third-order valence-corrected chi connectivity index (χ3v) is 6.79. The third-order valence-electron chi connectivity index (χ3n) is 5.74. The van der Waals surface area contributed by atoms with E-state index in [1.807, 2.05) is 49.4 Å². The van der Waals surface area contributed by atoms with E-state index in [-0.39, 0.29) is 5.56 Å². The number of allylic oxidation sites excluding steroid dienone is 1. The summed E-state index contributed by atoms with van der Waals surface area (Å²) in [6, 6.07) is 18.6. The fraction of sp³-hybridized carbons (Fsp3) is 0.0690. The monoisotopic (exact) mass is 493 g/mol. The molecule has 0 aliphatic carbocycles. The molecule has 0 aliphatic heterocycles. The van der Waals surface area contributed by atoms with Crippen LogP contribution in [0.15, 0.2) is 84.0 Å². The molecule has 3 aromatic heterocycles. The van der Waals surface area contributed by atoms with Gasteiger partial charge in [0.25, 0.3) is 0 Å². The number of carboxylic acids is 1. The predicted octanol–water partition coefficient (Wildman–Crippen LogP) is 7.60. The minimum absolute atomic E-state index is 0.231. The van der Waals surface area contributed by atoms with Crippen molar-refractivity contribution < 1.29 is 14.3 Å². The summed E-state index contributed by atoms with van der Waals surface area (Å²) in [5.74, 6) is 0.344. The summed E-state index contributed by atoms with van der Waals surface area (Å²) < 4.78 is 5.63. The number of para-hydroxylation sites is 1. The van der Waals surface area contributed by atoms with Crippen LogP contribution in [0.2, 0.25) is 0 Å². The van der Waals surface area contributed by atoms with Crippen LogP contribution in [0.25, 0.3) is 33.8 Å². The molecule has 0 spiro atoms. The lowest BCUT2D eigenvalue weighted by molar-refractivity contribution is 0.0697. The van der Waals surface area contributed by atoms with Gasteiger partial charge in [0.05, 0.1) is 16.7 Å². The number of rotatable bonds is 8. The molecule has 0 bridgehead atoms. The van der Waals surface area contributed by atoms with E-state index in [4.69, 9.17) is 19.5 Å². The second-order valence-corrected chi connectivity index (χ2v) is 9.30. The number of hydrogen-bond donors (Lipinski definition) is 2. The Morgan fingerprint density at radius 3 is 2.67 bits per heavy atom. The van der Waals surface area contributed by atoms with E-state index in [2.05, 4.69) is 24.0 Å². The smallest absolute Gasteiger partial charge is 0.335 e. The zero-order valence-corrected chi connectivity index (χ0v) is 20.4. The van der Waals surface area contributed by atoms with E-state index in [0.717, 1.165) is 43.2 Å². The normalized spacial score (nSPS) is 11.2. The number of hydrogen-bond acceptors (Lipinski definition) is 6. The number of aromatic carboxylic acids is 1. The van der Waals surface area contributed by atoms with Crippen molar-refractivity contribution in [3.63, 3.8) is 0 Å². The molecule has 7 heteroatoms. The highest BCUT2D eigenvalue weighted by molar-refractivity contribution is 7.16. The van der Waals surface area contributed by atoms with Crippen molar-refractivity contribution in [2.45, 2.75) is 13.3 Å². The molecule has 6 nitrogen and oxygen atoms in total. The number of nitrogens with one attached hydrogen (secondary N) is 1. The zero-order chi connectivity index (χ0) is 25.1. The average Bonchev–Trinajstić information content (AvgIpc) is 3.52. The summed E-state index contributed by atoms with van der Waals surface area (Å²) in [6.07, 6.45) is 8.31. The highest BCUT2D eigenvalue weighted by Crippen LogP contribution is 2.31. The number of carboxylic acid groups (broad SMARTS) is 1. The van der Waals surface area contributed by atoms with Crippen LogP contribution in [0.5, 0.6) is 0 Å². The molecule has 5 aromatic rings. The molecule has 0 fully saturated rings. The topological polar surface area (TPSA) is 88.3 Å². The number of benzene rings is 2. The molecule has 178 valence electrons. The second-order valence-electron chi connectivity index (χ2n) is 8.18. The molecule has 3 heterocycles. The van der Waals surface area contributed by atoms with Crippen LogP contribution in [0.4, 0.5) is 11.5 Å². The lowest BCUT2D eigenvalue weighted by atomic mass is 10.1. The Bertz CT molecular complexity index is 1600. The van der Waals surface area contributed by atoms with Crippen molar-refractivity contribution >= 4 is 51.9 Å². The Morgan fingerprint density at radius 1 is 1.08 bits per heavy atom. The summed E-state index contributed by atoms with van der Waals surface area (Å²) in [5.41, 5.74) is 4.68. The molecule has 36 heavy (non-hydrogen) atoms. The van der Waals surface area contributed by atoms with Crippen molar-refractivity contribution in [1.82, 2.24) is 9.97 Å². The molecule has 0 saturated carbocycles. The van der Waals surface area contributed by atoms with Crippen LogP contribution in [-0.4, -0.2) is 21.0 Å². The predicted molar refractivity (Wildman–Crippen MR) is 146 cm³/mol. The maximum atomic E-state index is 11.2. The summed E-state index contributed by atoms with van der Waals surface area (Å²) in [7, 11) is 0. The molecule has 0 unspecified atom stereocenters. The van der Waals surface area contributed by atoms with Gasteiger partial charge >= 0.3 is 5.97 Å². The number of carbonyl (C=O) groups is 1. The van der Waals surface area contributed by atoms with Crippen LogP contribution in [-0.2, 0) is 6.42 Å². The number of nitrogens with zero attached hydrogens (tertiary/aromatic N) is 2. The van der Waals surface area contributed by atoms with Crippen LogP contribution >= 0.6 is 11.3 Å². The van der Waals surface area contributed by atoms with Gasteiger partial charge in [-0.1, -0.05) is 24.3 Å². The molecule has 0 aliphatic rings. The first kappa shape index (κ1) is 23.3. The Balaban J connectivity index is 1.43. The van der Waals surface area contributed by atoms with E-state index in [1.54, 1.807) is 41.9 Å². The minimum atomic E-state index is -0.961. The largest absolute Gasteiger partial charge is 0.478 e. The van der Waals surface area contributed by atoms with Gasteiger partial charge in [-0.05, 0) is 68.0 Å². The molecule has 0 atom stereocenters. The SMILES string of the molecule is C=CCc1c(C)nc(-c2ccc(C=Cc3coc4ccccc34)s2)nc1Nc1ccc(C(=O)O)cc1. The second kappa shape index (κ2) is 10.0. The lowest BCUT2D eigenvalue weighted by Crippen LogP contribution is -2.05. The summed E-state index contributed by atoms with van der Waals surface area (Å²) in [6.45, 7) is 5.82. The highest BCUT2D eigenvalue weighted by atomic mass is 32.1. The highest BCUT2D eigenvalue weighted by Gasteiger charge is 2.14. The fourth-order valence-electron chi connectivity index (χ4n) is 3.89. The standard InChI is InChI=1S/C29H23N3O3S/c1-3-6-23-18(2)30-28(32-27(23)31-21-12-9-19(10-13-21)29(33)34)26-16-15-22(36-26)14-11-20-17-35-25-8-5-4-7-24(20)25/h3-5,7-17H,1,6H2,2H3,(H,33,34)(H,30,31,32). The number of furan rings is 1. The lowest BCUT2D eigenvalue weighted by Gasteiger charge is -2.14.